The molecule has 2 N–H and O–H groups in total. The zero-order valence-electron chi connectivity index (χ0n) is 11.6. The molecular weight excluding hydrogens is 257 g/mol. The van der Waals surface area contributed by atoms with Gasteiger partial charge in [0.05, 0.1) is 18.3 Å². The van der Waals surface area contributed by atoms with Crippen molar-refractivity contribution in [2.45, 2.75) is 19.9 Å². The van der Waals surface area contributed by atoms with Crippen LogP contribution in [-0.2, 0) is 0 Å². The quantitative estimate of drug-likeness (QED) is 0.863. The molecule has 0 aliphatic heterocycles. The Balaban J connectivity index is 2.21. The summed E-state index contributed by atoms with van der Waals surface area (Å²) in [5.41, 5.74) is 1.31. The number of hydrogen-bond acceptors (Lipinski definition) is 3. The van der Waals surface area contributed by atoms with E-state index in [-0.39, 0.29) is 11.8 Å². The summed E-state index contributed by atoms with van der Waals surface area (Å²) in [6, 6.07) is 11.5. The number of phenols is 1. The molecule has 0 amide bonds. The van der Waals surface area contributed by atoms with Crippen LogP contribution in [-0.4, -0.2) is 11.7 Å². The molecule has 2 rings (SSSR count). The van der Waals surface area contributed by atoms with Crippen LogP contribution in [0.2, 0.25) is 0 Å². The van der Waals surface area contributed by atoms with Gasteiger partial charge in [-0.2, -0.15) is 0 Å². The summed E-state index contributed by atoms with van der Waals surface area (Å²) in [6.07, 6.45) is 0. The molecule has 2 aromatic carbocycles. The summed E-state index contributed by atoms with van der Waals surface area (Å²) in [5.74, 6) is 0.230. The minimum Gasteiger partial charge on any atom is -0.508 e. The fraction of sp³-hybridized carbons (Fsp3) is 0.250. The third-order valence-electron chi connectivity index (χ3n) is 3.01. The van der Waals surface area contributed by atoms with Gasteiger partial charge in [0.15, 0.2) is 0 Å². The van der Waals surface area contributed by atoms with Gasteiger partial charge in [0, 0.05) is 11.6 Å². The Bertz CT molecular complexity index is 586. The lowest BCUT2D eigenvalue weighted by Gasteiger charge is -2.19. The number of para-hydroxylation sites is 2. The van der Waals surface area contributed by atoms with Crippen LogP contribution in [0.1, 0.15) is 25.5 Å². The average Bonchev–Trinajstić information content (AvgIpc) is 2.41. The van der Waals surface area contributed by atoms with Crippen LogP contribution in [0.3, 0.4) is 0 Å². The van der Waals surface area contributed by atoms with Crippen molar-refractivity contribution in [2.75, 3.05) is 11.9 Å². The summed E-state index contributed by atoms with van der Waals surface area (Å²) in [4.78, 5) is 0. The molecule has 0 fully saturated rings. The van der Waals surface area contributed by atoms with Crippen molar-refractivity contribution in [3.05, 3.63) is 53.8 Å². The van der Waals surface area contributed by atoms with Crippen LogP contribution in [0.15, 0.2) is 42.5 Å². The van der Waals surface area contributed by atoms with Gasteiger partial charge in [-0.1, -0.05) is 18.2 Å². The first-order chi connectivity index (χ1) is 9.61. The lowest BCUT2D eigenvalue weighted by molar-refractivity contribution is 0.341. The van der Waals surface area contributed by atoms with Gasteiger partial charge in [-0.05, 0) is 32.0 Å². The topological polar surface area (TPSA) is 41.5 Å². The van der Waals surface area contributed by atoms with Crippen molar-refractivity contribution >= 4 is 5.69 Å². The van der Waals surface area contributed by atoms with E-state index in [4.69, 9.17) is 4.74 Å². The van der Waals surface area contributed by atoms with Gasteiger partial charge in [-0.15, -0.1) is 0 Å². The van der Waals surface area contributed by atoms with Crippen molar-refractivity contribution < 1.29 is 14.2 Å². The first-order valence-electron chi connectivity index (χ1n) is 6.58. The van der Waals surface area contributed by atoms with Crippen molar-refractivity contribution in [3.8, 4) is 11.5 Å². The van der Waals surface area contributed by atoms with E-state index in [0.29, 0.717) is 12.2 Å². The minimum atomic E-state index is -0.432. The number of nitrogens with one attached hydrogen (secondary N) is 1. The van der Waals surface area contributed by atoms with Crippen LogP contribution < -0.4 is 10.1 Å². The predicted molar refractivity (Wildman–Crippen MR) is 77.7 cm³/mol. The number of phenolic OH excluding ortho intramolecular Hbond substituents is 1. The number of rotatable bonds is 5. The highest BCUT2D eigenvalue weighted by Crippen LogP contribution is 2.29. The van der Waals surface area contributed by atoms with Gasteiger partial charge in [0.1, 0.15) is 17.3 Å². The first kappa shape index (κ1) is 14.2. The molecule has 0 spiro atoms. The zero-order chi connectivity index (χ0) is 14.5. The highest BCUT2D eigenvalue weighted by atomic mass is 19.1. The number of hydrogen-bond donors (Lipinski definition) is 2. The molecule has 1 unspecified atom stereocenters. The van der Waals surface area contributed by atoms with Crippen LogP contribution in [0.25, 0.3) is 0 Å². The lowest BCUT2D eigenvalue weighted by atomic mass is 10.1. The Labute approximate surface area is 118 Å². The van der Waals surface area contributed by atoms with Gasteiger partial charge in [0.25, 0.3) is 0 Å². The van der Waals surface area contributed by atoms with E-state index < -0.39 is 5.82 Å². The number of anilines is 1. The molecule has 0 radical (unpaired) electrons. The van der Waals surface area contributed by atoms with Crippen molar-refractivity contribution in [1.82, 2.24) is 0 Å². The number of benzene rings is 2. The second kappa shape index (κ2) is 6.28. The highest BCUT2D eigenvalue weighted by molar-refractivity contribution is 5.57. The molecule has 0 bridgehead atoms. The summed E-state index contributed by atoms with van der Waals surface area (Å²) in [6.45, 7) is 4.35. The maximum absolute atomic E-state index is 13.8. The Morgan fingerprint density at radius 3 is 2.70 bits per heavy atom. The lowest BCUT2D eigenvalue weighted by Crippen LogP contribution is -2.09. The van der Waals surface area contributed by atoms with Crippen LogP contribution in [0, 0.1) is 5.82 Å². The van der Waals surface area contributed by atoms with Crippen molar-refractivity contribution in [3.63, 3.8) is 0 Å². The molecule has 0 aromatic heterocycles. The minimum absolute atomic E-state index is 0.0758. The Morgan fingerprint density at radius 1 is 1.25 bits per heavy atom. The van der Waals surface area contributed by atoms with Gasteiger partial charge >= 0.3 is 0 Å². The molecule has 3 nitrogen and oxygen atoms in total. The molecule has 1 atom stereocenters. The predicted octanol–water partition coefficient (Wildman–Crippen LogP) is 4.10. The molecular formula is C16H18FNO2. The van der Waals surface area contributed by atoms with Crippen molar-refractivity contribution in [1.29, 1.82) is 0 Å². The van der Waals surface area contributed by atoms with E-state index in [9.17, 15) is 9.50 Å². The van der Waals surface area contributed by atoms with E-state index >= 15 is 0 Å². The highest BCUT2D eigenvalue weighted by Gasteiger charge is 2.13. The second-order valence-electron chi connectivity index (χ2n) is 4.50. The van der Waals surface area contributed by atoms with E-state index in [1.165, 1.54) is 6.07 Å². The molecule has 0 saturated heterocycles. The molecule has 106 valence electrons. The third kappa shape index (κ3) is 3.20. The second-order valence-corrected chi connectivity index (χ2v) is 4.50. The van der Waals surface area contributed by atoms with Gasteiger partial charge in [-0.3, -0.25) is 0 Å². The van der Waals surface area contributed by atoms with Crippen LogP contribution >= 0.6 is 0 Å². The largest absolute Gasteiger partial charge is 0.508 e. The Hall–Kier alpha value is -2.23. The van der Waals surface area contributed by atoms with E-state index in [1.54, 1.807) is 6.07 Å². The molecule has 4 heteroatoms. The Morgan fingerprint density at radius 2 is 2.00 bits per heavy atom. The molecule has 2 aromatic rings. The van der Waals surface area contributed by atoms with E-state index in [1.807, 2.05) is 38.1 Å². The summed E-state index contributed by atoms with van der Waals surface area (Å²) < 4.78 is 19.3. The van der Waals surface area contributed by atoms with Gasteiger partial charge < -0.3 is 15.2 Å². The van der Waals surface area contributed by atoms with Crippen LogP contribution in [0.5, 0.6) is 11.5 Å². The van der Waals surface area contributed by atoms with Crippen molar-refractivity contribution in [2.24, 2.45) is 0 Å². The third-order valence-corrected chi connectivity index (χ3v) is 3.01. The number of aromatic hydroxyl groups is 1. The SMILES string of the molecule is CCOc1ccccc1NC(C)c1ccc(O)cc1F. The van der Waals surface area contributed by atoms with Gasteiger partial charge in [-0.25, -0.2) is 4.39 Å². The Kier molecular flexibility index (Phi) is 4.45. The summed E-state index contributed by atoms with van der Waals surface area (Å²) >= 11 is 0. The van der Waals surface area contributed by atoms with Crippen LogP contribution in [0.4, 0.5) is 10.1 Å². The molecule has 0 heterocycles. The maximum Gasteiger partial charge on any atom is 0.142 e. The first-order valence-corrected chi connectivity index (χ1v) is 6.58. The monoisotopic (exact) mass is 275 g/mol. The fourth-order valence-corrected chi connectivity index (χ4v) is 2.05. The fourth-order valence-electron chi connectivity index (χ4n) is 2.05. The molecule has 0 saturated carbocycles. The van der Waals surface area contributed by atoms with Gasteiger partial charge in [0.2, 0.25) is 0 Å². The standard InChI is InChI=1S/C16H18FNO2/c1-3-20-16-7-5-4-6-15(16)18-11(2)13-9-8-12(19)10-14(13)17/h4-11,18-19H,3H2,1-2H3. The zero-order valence-corrected chi connectivity index (χ0v) is 11.6. The maximum atomic E-state index is 13.8. The normalized spacial score (nSPS) is 11.9. The number of ether oxygens (including phenoxy) is 1. The number of halogens is 1. The average molecular weight is 275 g/mol. The van der Waals surface area contributed by atoms with E-state index in [0.717, 1.165) is 17.5 Å². The smallest absolute Gasteiger partial charge is 0.142 e. The molecule has 0 aliphatic rings. The molecule has 0 aliphatic carbocycles. The van der Waals surface area contributed by atoms with E-state index in [2.05, 4.69) is 5.32 Å². The summed E-state index contributed by atoms with van der Waals surface area (Å²) in [5, 5.41) is 12.5. The molecule has 20 heavy (non-hydrogen) atoms. The summed E-state index contributed by atoms with van der Waals surface area (Å²) in [7, 11) is 0.